The van der Waals surface area contributed by atoms with E-state index >= 15 is 0 Å². The number of nitrogen functional groups attached to an aromatic ring is 1. The first kappa shape index (κ1) is 17.8. The van der Waals surface area contributed by atoms with Crippen LogP contribution in [-0.2, 0) is 0 Å². The molecule has 0 saturated heterocycles. The second-order valence-corrected chi connectivity index (χ2v) is 5.45. The Bertz CT molecular complexity index is 1050. The number of hydrogen-bond acceptors (Lipinski definition) is 6. The van der Waals surface area contributed by atoms with Gasteiger partial charge in [0.25, 0.3) is 11.6 Å². The van der Waals surface area contributed by atoms with Crippen molar-refractivity contribution in [1.82, 2.24) is 5.43 Å². The van der Waals surface area contributed by atoms with Gasteiger partial charge in [-0.25, -0.2) is 9.82 Å². The minimum absolute atomic E-state index is 0.00894. The van der Waals surface area contributed by atoms with Crippen LogP contribution >= 0.6 is 0 Å². The molecule has 1 amide bonds. The van der Waals surface area contributed by atoms with E-state index in [9.17, 15) is 19.3 Å². The summed E-state index contributed by atoms with van der Waals surface area (Å²) in [6, 6.07) is 12.8. The Labute approximate surface area is 152 Å². The molecule has 1 heterocycles. The van der Waals surface area contributed by atoms with Crippen LogP contribution in [-0.4, -0.2) is 17.0 Å². The van der Waals surface area contributed by atoms with Crippen molar-refractivity contribution in [3.8, 4) is 11.3 Å². The highest BCUT2D eigenvalue weighted by molar-refractivity contribution is 5.96. The molecule has 0 unspecified atom stereocenters. The molecule has 27 heavy (non-hydrogen) atoms. The van der Waals surface area contributed by atoms with Crippen molar-refractivity contribution >= 4 is 23.5 Å². The monoisotopic (exact) mass is 368 g/mol. The molecule has 0 aliphatic heterocycles. The molecule has 136 valence electrons. The van der Waals surface area contributed by atoms with Crippen LogP contribution < -0.4 is 11.2 Å². The van der Waals surface area contributed by atoms with Crippen LogP contribution in [0.3, 0.4) is 0 Å². The van der Waals surface area contributed by atoms with E-state index in [1.807, 2.05) is 0 Å². The van der Waals surface area contributed by atoms with E-state index in [1.165, 1.54) is 18.3 Å². The number of amides is 1. The van der Waals surface area contributed by atoms with Crippen LogP contribution in [0.1, 0.15) is 16.1 Å². The Morgan fingerprint density at radius 3 is 2.74 bits per heavy atom. The first-order valence-electron chi connectivity index (χ1n) is 7.67. The van der Waals surface area contributed by atoms with Crippen LogP contribution in [0.4, 0.5) is 15.8 Å². The van der Waals surface area contributed by atoms with Gasteiger partial charge in [-0.2, -0.15) is 5.10 Å². The summed E-state index contributed by atoms with van der Waals surface area (Å²) in [7, 11) is 0. The Hall–Kier alpha value is -4.01. The smallest absolute Gasteiger partial charge is 0.272 e. The summed E-state index contributed by atoms with van der Waals surface area (Å²) in [5, 5.41) is 14.5. The number of hydrogen-bond donors (Lipinski definition) is 2. The number of rotatable bonds is 5. The van der Waals surface area contributed by atoms with Gasteiger partial charge in [-0.05, 0) is 30.3 Å². The average Bonchev–Trinajstić information content (AvgIpc) is 3.10. The van der Waals surface area contributed by atoms with E-state index in [4.69, 9.17) is 10.2 Å². The quantitative estimate of drug-likeness (QED) is 0.309. The number of nitrogens with zero attached hydrogens (tertiary/aromatic N) is 2. The lowest BCUT2D eigenvalue weighted by Gasteiger charge is -2.01. The van der Waals surface area contributed by atoms with E-state index in [-0.39, 0.29) is 22.7 Å². The molecule has 0 bridgehead atoms. The summed E-state index contributed by atoms with van der Waals surface area (Å²) in [5.41, 5.74) is 7.85. The number of nitrogens with one attached hydrogen (secondary N) is 1. The molecule has 0 saturated carbocycles. The molecule has 3 aromatic rings. The molecule has 0 radical (unpaired) electrons. The third-order valence-corrected chi connectivity index (χ3v) is 3.54. The maximum absolute atomic E-state index is 13.7. The molecular weight excluding hydrogens is 355 g/mol. The Morgan fingerprint density at radius 2 is 2.00 bits per heavy atom. The fourth-order valence-electron chi connectivity index (χ4n) is 2.32. The number of non-ortho nitro benzene ring substituents is 1. The van der Waals surface area contributed by atoms with Crippen molar-refractivity contribution in [2.45, 2.75) is 0 Å². The van der Waals surface area contributed by atoms with E-state index in [0.717, 1.165) is 12.1 Å². The zero-order valence-electron chi connectivity index (χ0n) is 13.8. The van der Waals surface area contributed by atoms with Crippen molar-refractivity contribution in [3.05, 3.63) is 81.9 Å². The normalized spacial score (nSPS) is 10.9. The summed E-state index contributed by atoms with van der Waals surface area (Å²) < 4.78 is 19.2. The first-order valence-corrected chi connectivity index (χ1v) is 7.67. The van der Waals surface area contributed by atoms with Crippen molar-refractivity contribution in [2.75, 3.05) is 5.73 Å². The summed E-state index contributed by atoms with van der Waals surface area (Å²) in [4.78, 5) is 22.2. The zero-order chi connectivity index (χ0) is 19.4. The molecule has 3 rings (SSSR count). The van der Waals surface area contributed by atoms with E-state index in [0.29, 0.717) is 11.3 Å². The second-order valence-electron chi connectivity index (χ2n) is 5.45. The maximum atomic E-state index is 13.7. The summed E-state index contributed by atoms with van der Waals surface area (Å²) in [6.07, 6.45) is 1.23. The largest absolute Gasteiger partial charge is 0.455 e. The Morgan fingerprint density at radius 1 is 1.22 bits per heavy atom. The average molecular weight is 368 g/mol. The number of benzene rings is 2. The number of carbonyl (C=O) groups is 1. The number of nitrogens with two attached hydrogens (primary N) is 1. The predicted octanol–water partition coefficient (Wildman–Crippen LogP) is 3.34. The third-order valence-electron chi connectivity index (χ3n) is 3.54. The van der Waals surface area contributed by atoms with Gasteiger partial charge in [0, 0.05) is 17.8 Å². The molecule has 0 aliphatic rings. The zero-order valence-corrected chi connectivity index (χ0v) is 13.8. The van der Waals surface area contributed by atoms with Gasteiger partial charge in [-0.1, -0.05) is 12.1 Å². The fraction of sp³-hybridized carbons (Fsp3) is 0. The molecule has 0 fully saturated rings. The molecule has 2 aromatic carbocycles. The number of furan rings is 1. The molecule has 0 atom stereocenters. The Kier molecular flexibility index (Phi) is 4.93. The van der Waals surface area contributed by atoms with Crippen LogP contribution in [0.25, 0.3) is 11.3 Å². The number of nitro groups is 1. The van der Waals surface area contributed by atoms with Gasteiger partial charge in [-0.15, -0.1) is 0 Å². The summed E-state index contributed by atoms with van der Waals surface area (Å²) in [5.74, 6) is -0.506. The predicted molar refractivity (Wildman–Crippen MR) is 96.7 cm³/mol. The summed E-state index contributed by atoms with van der Waals surface area (Å²) >= 11 is 0. The highest BCUT2D eigenvalue weighted by Gasteiger charge is 2.13. The second kappa shape index (κ2) is 7.48. The summed E-state index contributed by atoms with van der Waals surface area (Å²) in [6.45, 7) is 0. The van der Waals surface area contributed by atoms with Crippen molar-refractivity contribution in [2.24, 2.45) is 5.10 Å². The number of nitro benzene ring substituents is 1. The SMILES string of the molecule is Nc1cc(C(=O)N/N=C\c2ccc(-c3ccccc3F)o2)cc([N+](=O)[O-])c1. The van der Waals surface area contributed by atoms with Gasteiger partial charge in [0.2, 0.25) is 0 Å². The van der Waals surface area contributed by atoms with Crippen molar-refractivity contribution in [1.29, 1.82) is 0 Å². The van der Waals surface area contributed by atoms with Crippen molar-refractivity contribution in [3.63, 3.8) is 0 Å². The van der Waals surface area contributed by atoms with Gasteiger partial charge in [0.15, 0.2) is 0 Å². The fourth-order valence-corrected chi connectivity index (χ4v) is 2.32. The first-order chi connectivity index (χ1) is 12.9. The van der Waals surface area contributed by atoms with E-state index in [1.54, 1.807) is 30.3 Å². The standard InChI is InChI=1S/C18H13FN4O4/c19-16-4-2-1-3-15(16)17-6-5-14(27-17)10-21-22-18(24)11-7-12(20)9-13(8-11)23(25)26/h1-10H,20H2,(H,22,24)/b21-10-. The Balaban J connectivity index is 1.70. The molecule has 8 nitrogen and oxygen atoms in total. The van der Waals surface area contributed by atoms with Gasteiger partial charge >= 0.3 is 0 Å². The molecule has 9 heteroatoms. The van der Waals surface area contributed by atoms with Crippen molar-refractivity contribution < 1.29 is 18.5 Å². The van der Waals surface area contributed by atoms with E-state index < -0.39 is 16.6 Å². The van der Waals surface area contributed by atoms with Gasteiger partial charge < -0.3 is 10.2 Å². The number of halogens is 1. The molecule has 1 aromatic heterocycles. The highest BCUT2D eigenvalue weighted by Crippen LogP contribution is 2.24. The number of anilines is 1. The lowest BCUT2D eigenvalue weighted by atomic mass is 10.1. The highest BCUT2D eigenvalue weighted by atomic mass is 19.1. The van der Waals surface area contributed by atoms with Gasteiger partial charge in [0.1, 0.15) is 17.3 Å². The minimum atomic E-state index is -0.678. The maximum Gasteiger partial charge on any atom is 0.272 e. The third kappa shape index (κ3) is 4.15. The number of carbonyl (C=O) groups excluding carboxylic acids is 1. The van der Waals surface area contributed by atoms with Crippen LogP contribution in [0, 0.1) is 15.9 Å². The number of hydrazone groups is 1. The molecule has 3 N–H and O–H groups in total. The molecule has 0 aliphatic carbocycles. The molecular formula is C18H13FN4O4. The lowest BCUT2D eigenvalue weighted by Crippen LogP contribution is -2.18. The van der Waals surface area contributed by atoms with Gasteiger partial charge in [0.05, 0.1) is 22.3 Å². The minimum Gasteiger partial charge on any atom is -0.455 e. The van der Waals surface area contributed by atoms with Crippen LogP contribution in [0.2, 0.25) is 0 Å². The lowest BCUT2D eigenvalue weighted by molar-refractivity contribution is -0.384. The van der Waals surface area contributed by atoms with E-state index in [2.05, 4.69) is 10.5 Å². The molecule has 0 spiro atoms. The van der Waals surface area contributed by atoms with Gasteiger partial charge in [-0.3, -0.25) is 14.9 Å². The topological polar surface area (TPSA) is 124 Å². The van der Waals surface area contributed by atoms with Crippen LogP contribution in [0.15, 0.2) is 64.1 Å². The van der Waals surface area contributed by atoms with Crippen LogP contribution in [0.5, 0.6) is 0 Å².